The number of carbonyl (C=O) groups is 1. The molecule has 1 atom stereocenters. The summed E-state index contributed by atoms with van der Waals surface area (Å²) in [7, 11) is -3.66. The predicted molar refractivity (Wildman–Crippen MR) is 94.7 cm³/mol. The molecule has 1 aliphatic heterocycles. The number of benzene rings is 1. The molecular formula is C18H21N3O4S. The molecule has 8 heteroatoms. The van der Waals surface area contributed by atoms with Gasteiger partial charge in [-0.25, -0.2) is 18.1 Å². The summed E-state index contributed by atoms with van der Waals surface area (Å²) in [6, 6.07) is 6.30. The Hall–Kier alpha value is -2.19. The number of rotatable bonds is 4. The van der Waals surface area contributed by atoms with Crippen LogP contribution >= 0.6 is 0 Å². The molecule has 1 aromatic heterocycles. The Kier molecular flexibility index (Phi) is 4.11. The third-order valence-electron chi connectivity index (χ3n) is 5.34. The molecule has 1 amide bonds. The van der Waals surface area contributed by atoms with Gasteiger partial charge < -0.3 is 9.73 Å². The van der Waals surface area contributed by atoms with E-state index in [1.165, 1.54) is 0 Å². The Balaban J connectivity index is 1.54. The minimum Gasteiger partial charge on any atom is -0.449 e. The Morgan fingerprint density at radius 3 is 2.58 bits per heavy atom. The van der Waals surface area contributed by atoms with E-state index in [2.05, 4.69) is 15.0 Å². The number of amides is 1. The second kappa shape index (κ2) is 6.21. The van der Waals surface area contributed by atoms with Crippen molar-refractivity contribution in [1.82, 2.24) is 15.0 Å². The molecule has 4 rings (SSSR count). The lowest BCUT2D eigenvalue weighted by molar-refractivity contribution is -0.127. The molecule has 1 unspecified atom stereocenters. The first kappa shape index (κ1) is 17.2. The summed E-state index contributed by atoms with van der Waals surface area (Å²) in [5.74, 6) is 0.566. The highest BCUT2D eigenvalue weighted by molar-refractivity contribution is 7.89. The van der Waals surface area contributed by atoms with Crippen molar-refractivity contribution in [3.05, 3.63) is 36.4 Å². The summed E-state index contributed by atoms with van der Waals surface area (Å²) in [5, 5.41) is 3.00. The van der Waals surface area contributed by atoms with Crippen molar-refractivity contribution in [3.8, 4) is 11.3 Å². The minimum atomic E-state index is -3.66. The Morgan fingerprint density at radius 1 is 1.27 bits per heavy atom. The molecule has 1 aliphatic carbocycles. The summed E-state index contributed by atoms with van der Waals surface area (Å²) in [4.78, 5) is 16.2. The van der Waals surface area contributed by atoms with Crippen LogP contribution in [0.25, 0.3) is 11.3 Å². The summed E-state index contributed by atoms with van der Waals surface area (Å²) >= 11 is 0. The van der Waals surface area contributed by atoms with E-state index in [9.17, 15) is 13.2 Å². The van der Waals surface area contributed by atoms with Crippen LogP contribution in [0.2, 0.25) is 0 Å². The van der Waals surface area contributed by atoms with Gasteiger partial charge in [-0.15, -0.1) is 0 Å². The van der Waals surface area contributed by atoms with Crippen LogP contribution in [-0.4, -0.2) is 30.9 Å². The van der Waals surface area contributed by atoms with Crippen LogP contribution in [0, 0.1) is 6.92 Å². The molecular weight excluding hydrogens is 354 g/mol. The van der Waals surface area contributed by atoms with Crippen molar-refractivity contribution < 1.29 is 17.6 Å². The maximum Gasteiger partial charge on any atom is 0.240 e. The first-order valence-corrected chi connectivity index (χ1v) is 10.2. The first-order valence-electron chi connectivity index (χ1n) is 8.74. The molecule has 0 radical (unpaired) electrons. The third kappa shape index (κ3) is 3.03. The highest BCUT2D eigenvalue weighted by Gasteiger charge is 2.49. The van der Waals surface area contributed by atoms with E-state index in [0.29, 0.717) is 24.4 Å². The average Bonchev–Trinajstić information content (AvgIpc) is 3.01. The number of sulfonamides is 1. The maximum absolute atomic E-state index is 12.8. The normalized spacial score (nSPS) is 22.0. The molecule has 26 heavy (non-hydrogen) atoms. The molecule has 0 bridgehead atoms. The molecule has 2 aromatic rings. The van der Waals surface area contributed by atoms with Crippen LogP contribution < -0.4 is 10.0 Å². The predicted octanol–water partition coefficient (Wildman–Crippen LogP) is 2.13. The van der Waals surface area contributed by atoms with Crippen molar-refractivity contribution >= 4 is 15.9 Å². The number of piperidine rings is 1. The van der Waals surface area contributed by atoms with Crippen LogP contribution in [-0.2, 0) is 14.8 Å². The van der Waals surface area contributed by atoms with Crippen LogP contribution in [0.3, 0.4) is 0 Å². The minimum absolute atomic E-state index is 0.00686. The van der Waals surface area contributed by atoms with Crippen LogP contribution in [0.1, 0.15) is 38.0 Å². The SMILES string of the molecule is Cc1nc(-c2ccc(S(=O)(=O)NC3CCC(=O)NC34CCC4)cc2)co1. The molecule has 2 heterocycles. The molecule has 2 fully saturated rings. The lowest BCUT2D eigenvalue weighted by Gasteiger charge is -2.50. The van der Waals surface area contributed by atoms with Gasteiger partial charge in [0.15, 0.2) is 5.89 Å². The van der Waals surface area contributed by atoms with Crippen molar-refractivity contribution in [3.63, 3.8) is 0 Å². The van der Waals surface area contributed by atoms with E-state index in [0.717, 1.165) is 24.8 Å². The molecule has 1 aromatic carbocycles. The Labute approximate surface area is 152 Å². The van der Waals surface area contributed by atoms with Gasteiger partial charge in [0, 0.05) is 24.9 Å². The topological polar surface area (TPSA) is 101 Å². The number of hydrogen-bond donors (Lipinski definition) is 2. The van der Waals surface area contributed by atoms with E-state index in [1.807, 2.05) is 0 Å². The molecule has 138 valence electrons. The summed E-state index contributed by atoms with van der Waals surface area (Å²) in [6.45, 7) is 1.76. The lowest BCUT2D eigenvalue weighted by Crippen LogP contribution is -2.68. The molecule has 7 nitrogen and oxygen atoms in total. The number of nitrogens with one attached hydrogen (secondary N) is 2. The molecule has 2 aliphatic rings. The van der Waals surface area contributed by atoms with Crippen molar-refractivity contribution in [1.29, 1.82) is 0 Å². The van der Waals surface area contributed by atoms with Gasteiger partial charge >= 0.3 is 0 Å². The standard InChI is InChI=1S/C18H21N3O4S/c1-12-19-15(11-25-12)13-3-5-14(6-4-13)26(23,24)21-16-7-8-17(22)20-18(16)9-2-10-18/h3-6,11,16,21H,2,7-10H2,1H3,(H,20,22). The highest BCUT2D eigenvalue weighted by Crippen LogP contribution is 2.39. The van der Waals surface area contributed by atoms with Gasteiger partial charge in [-0.2, -0.15) is 0 Å². The zero-order valence-electron chi connectivity index (χ0n) is 14.5. The number of carbonyl (C=O) groups excluding carboxylic acids is 1. The fraction of sp³-hybridized carbons (Fsp3) is 0.444. The van der Waals surface area contributed by atoms with Crippen molar-refractivity contribution in [2.24, 2.45) is 0 Å². The first-order chi connectivity index (χ1) is 12.4. The van der Waals surface area contributed by atoms with E-state index in [4.69, 9.17) is 4.42 Å². The monoisotopic (exact) mass is 375 g/mol. The van der Waals surface area contributed by atoms with Crippen LogP contribution in [0.15, 0.2) is 39.8 Å². The number of oxazole rings is 1. The summed E-state index contributed by atoms with van der Waals surface area (Å²) in [6.07, 6.45) is 5.06. The second-order valence-corrected chi connectivity index (χ2v) is 8.76. The van der Waals surface area contributed by atoms with Gasteiger partial charge in [-0.05, 0) is 37.8 Å². The largest absolute Gasteiger partial charge is 0.449 e. The third-order valence-corrected chi connectivity index (χ3v) is 6.83. The number of aryl methyl sites for hydroxylation is 1. The van der Waals surface area contributed by atoms with Gasteiger partial charge in [-0.3, -0.25) is 4.79 Å². The number of nitrogens with zero attached hydrogens (tertiary/aromatic N) is 1. The van der Waals surface area contributed by atoms with E-state index in [1.54, 1.807) is 37.5 Å². The summed E-state index contributed by atoms with van der Waals surface area (Å²) < 4.78 is 33.6. The van der Waals surface area contributed by atoms with Crippen molar-refractivity contribution in [2.75, 3.05) is 0 Å². The number of aromatic nitrogens is 1. The molecule has 2 N–H and O–H groups in total. The average molecular weight is 375 g/mol. The molecule has 1 saturated carbocycles. The van der Waals surface area contributed by atoms with Crippen LogP contribution in [0.4, 0.5) is 0 Å². The summed E-state index contributed by atoms with van der Waals surface area (Å²) in [5.41, 5.74) is 1.05. The zero-order valence-corrected chi connectivity index (χ0v) is 15.3. The highest BCUT2D eigenvalue weighted by atomic mass is 32.2. The van der Waals surface area contributed by atoms with E-state index >= 15 is 0 Å². The molecule has 1 spiro atoms. The van der Waals surface area contributed by atoms with Gasteiger partial charge in [0.05, 0.1) is 10.4 Å². The Morgan fingerprint density at radius 2 is 2.00 bits per heavy atom. The van der Waals surface area contributed by atoms with E-state index < -0.39 is 15.6 Å². The van der Waals surface area contributed by atoms with Gasteiger partial charge in [0.1, 0.15) is 12.0 Å². The zero-order chi connectivity index (χ0) is 18.4. The maximum atomic E-state index is 12.8. The fourth-order valence-corrected chi connectivity index (χ4v) is 5.09. The van der Waals surface area contributed by atoms with Crippen molar-refractivity contribution in [2.45, 2.75) is 55.5 Å². The van der Waals surface area contributed by atoms with E-state index in [-0.39, 0.29) is 16.8 Å². The second-order valence-electron chi connectivity index (χ2n) is 7.05. The quantitative estimate of drug-likeness (QED) is 0.852. The van der Waals surface area contributed by atoms with Gasteiger partial charge in [0.2, 0.25) is 15.9 Å². The van der Waals surface area contributed by atoms with Gasteiger partial charge in [0.25, 0.3) is 0 Å². The smallest absolute Gasteiger partial charge is 0.240 e. The number of hydrogen-bond acceptors (Lipinski definition) is 5. The fourth-order valence-electron chi connectivity index (χ4n) is 3.74. The van der Waals surface area contributed by atoms with Crippen LogP contribution in [0.5, 0.6) is 0 Å². The molecule has 1 saturated heterocycles. The lowest BCUT2D eigenvalue weighted by atomic mass is 9.68. The Bertz CT molecular complexity index is 930. The van der Waals surface area contributed by atoms with Gasteiger partial charge in [-0.1, -0.05) is 12.1 Å².